The molecule has 0 spiro atoms. The van der Waals surface area contributed by atoms with Crippen LogP contribution in [0.5, 0.6) is 0 Å². The average Bonchev–Trinajstić information content (AvgIpc) is 2.57. The fourth-order valence-electron chi connectivity index (χ4n) is 2.76. The first-order valence-corrected chi connectivity index (χ1v) is 8.57. The van der Waals surface area contributed by atoms with Gasteiger partial charge >= 0.3 is 0 Å². The molecule has 2 atom stereocenters. The van der Waals surface area contributed by atoms with E-state index in [2.05, 4.69) is 0 Å². The molecular formula is C18H18FNO2S. The van der Waals surface area contributed by atoms with E-state index in [9.17, 15) is 14.4 Å². The van der Waals surface area contributed by atoms with Gasteiger partial charge in [0.25, 0.3) is 5.91 Å². The minimum Gasteiger partial charge on any atom is -0.286 e. The van der Waals surface area contributed by atoms with E-state index in [1.54, 1.807) is 12.1 Å². The Morgan fingerprint density at radius 1 is 1.26 bits per heavy atom. The van der Waals surface area contributed by atoms with E-state index in [4.69, 9.17) is 0 Å². The van der Waals surface area contributed by atoms with Gasteiger partial charge in [0.05, 0.1) is 12.3 Å². The monoisotopic (exact) mass is 331 g/mol. The van der Waals surface area contributed by atoms with E-state index >= 15 is 0 Å². The molecule has 2 unspecified atom stereocenters. The second kappa shape index (κ2) is 6.72. The van der Waals surface area contributed by atoms with Crippen LogP contribution in [0, 0.1) is 5.82 Å². The van der Waals surface area contributed by atoms with Crippen molar-refractivity contribution >= 4 is 17.7 Å². The minimum absolute atomic E-state index is 0.0436. The minimum atomic E-state index is -0.274. The first-order chi connectivity index (χ1) is 11.1. The van der Waals surface area contributed by atoms with Gasteiger partial charge in [-0.05, 0) is 23.1 Å². The van der Waals surface area contributed by atoms with E-state index < -0.39 is 0 Å². The van der Waals surface area contributed by atoms with Gasteiger partial charge < -0.3 is 0 Å². The fraction of sp³-hybridized carbons (Fsp3) is 0.278. The summed E-state index contributed by atoms with van der Waals surface area (Å²) >= 11 is 1.51. The summed E-state index contributed by atoms with van der Waals surface area (Å²) in [6, 6.07) is 14.7. The Morgan fingerprint density at radius 2 is 2.00 bits per heavy atom. The van der Waals surface area contributed by atoms with Crippen molar-refractivity contribution in [1.29, 1.82) is 0 Å². The number of rotatable bonds is 3. The summed E-state index contributed by atoms with van der Waals surface area (Å²) in [5.41, 5.74) is 2.31. The number of carbonyl (C=O) groups excluding carboxylic acids is 1. The molecule has 120 valence electrons. The van der Waals surface area contributed by atoms with Gasteiger partial charge in [0.15, 0.2) is 0 Å². The van der Waals surface area contributed by atoms with Crippen LogP contribution in [0.3, 0.4) is 0 Å². The maximum absolute atomic E-state index is 14.5. The molecule has 5 heteroatoms. The van der Waals surface area contributed by atoms with Crippen LogP contribution >= 0.6 is 11.8 Å². The van der Waals surface area contributed by atoms with Crippen molar-refractivity contribution in [3.05, 3.63) is 59.9 Å². The summed E-state index contributed by atoms with van der Waals surface area (Å²) in [6.07, 6.45) is 0. The Kier molecular flexibility index (Phi) is 4.68. The Balaban J connectivity index is 1.81. The number of amides is 1. The van der Waals surface area contributed by atoms with Crippen molar-refractivity contribution in [1.82, 2.24) is 5.06 Å². The number of halogens is 1. The molecule has 23 heavy (non-hydrogen) atoms. The topological polar surface area (TPSA) is 40.5 Å². The van der Waals surface area contributed by atoms with Crippen LogP contribution in [0.2, 0.25) is 0 Å². The predicted octanol–water partition coefficient (Wildman–Crippen LogP) is 3.93. The highest BCUT2D eigenvalue weighted by molar-refractivity contribution is 8.00. The lowest BCUT2D eigenvalue weighted by Crippen LogP contribution is -2.41. The normalized spacial score (nSPS) is 19.7. The highest BCUT2D eigenvalue weighted by Gasteiger charge is 2.30. The average molecular weight is 331 g/mol. The Bertz CT molecular complexity index is 707. The van der Waals surface area contributed by atoms with Crippen LogP contribution < -0.4 is 0 Å². The summed E-state index contributed by atoms with van der Waals surface area (Å²) in [7, 11) is 0. The lowest BCUT2D eigenvalue weighted by Gasteiger charge is -2.31. The molecule has 2 aromatic rings. The van der Waals surface area contributed by atoms with Crippen molar-refractivity contribution in [2.24, 2.45) is 0 Å². The van der Waals surface area contributed by atoms with Crippen LogP contribution in [0.15, 0.2) is 48.5 Å². The largest absolute Gasteiger partial charge is 0.286 e. The van der Waals surface area contributed by atoms with E-state index in [0.29, 0.717) is 5.56 Å². The molecule has 3 rings (SSSR count). The van der Waals surface area contributed by atoms with Crippen LogP contribution in [-0.4, -0.2) is 33.7 Å². The quantitative estimate of drug-likeness (QED) is 0.867. The van der Waals surface area contributed by atoms with E-state index in [1.165, 1.54) is 11.8 Å². The van der Waals surface area contributed by atoms with Crippen LogP contribution in [0.25, 0.3) is 11.1 Å². The predicted molar refractivity (Wildman–Crippen MR) is 90.0 cm³/mol. The molecule has 1 saturated heterocycles. The maximum Gasteiger partial charge on any atom is 0.255 e. The molecule has 0 aromatic heterocycles. The summed E-state index contributed by atoms with van der Waals surface area (Å²) in [4.78, 5) is 11.3. The Hall–Kier alpha value is -1.85. The van der Waals surface area contributed by atoms with Gasteiger partial charge in [-0.25, -0.2) is 9.45 Å². The highest BCUT2D eigenvalue weighted by Crippen LogP contribution is 2.33. The summed E-state index contributed by atoms with van der Waals surface area (Å²) in [5, 5.41) is 10.4. The molecule has 0 aliphatic carbocycles. The number of hydrogen-bond acceptors (Lipinski definition) is 3. The molecule has 1 fully saturated rings. The molecule has 1 amide bonds. The first kappa shape index (κ1) is 16.0. The molecule has 3 nitrogen and oxygen atoms in total. The van der Waals surface area contributed by atoms with E-state index in [-0.39, 0.29) is 35.2 Å². The molecule has 1 N–H and O–H groups in total. The van der Waals surface area contributed by atoms with Gasteiger partial charge in [0, 0.05) is 10.8 Å². The lowest BCUT2D eigenvalue weighted by molar-refractivity contribution is -0.163. The van der Waals surface area contributed by atoms with E-state index in [0.717, 1.165) is 16.2 Å². The van der Waals surface area contributed by atoms with Crippen molar-refractivity contribution in [3.8, 4) is 11.1 Å². The SMILES string of the molecule is CC(c1ccc(-c2ccccc2)c(F)c1)C1CN(O)C(=O)CS1. The number of nitrogens with zero attached hydrogens (tertiary/aromatic N) is 1. The summed E-state index contributed by atoms with van der Waals surface area (Å²) in [6.45, 7) is 2.27. The number of hydroxylamine groups is 2. The smallest absolute Gasteiger partial charge is 0.255 e. The van der Waals surface area contributed by atoms with Crippen molar-refractivity contribution in [2.75, 3.05) is 12.3 Å². The third kappa shape index (κ3) is 3.41. The number of benzene rings is 2. The van der Waals surface area contributed by atoms with E-state index in [1.807, 2.05) is 43.3 Å². The highest BCUT2D eigenvalue weighted by atomic mass is 32.2. The number of thioether (sulfide) groups is 1. The van der Waals surface area contributed by atoms with Crippen molar-refractivity contribution < 1.29 is 14.4 Å². The molecule has 1 heterocycles. The fourth-order valence-corrected chi connectivity index (χ4v) is 3.96. The van der Waals surface area contributed by atoms with Crippen LogP contribution in [0.4, 0.5) is 4.39 Å². The van der Waals surface area contributed by atoms with Gasteiger partial charge in [-0.1, -0.05) is 49.4 Å². The second-order valence-electron chi connectivity index (χ2n) is 5.72. The molecule has 0 saturated carbocycles. The van der Waals surface area contributed by atoms with Gasteiger partial charge in [-0.3, -0.25) is 10.0 Å². The Morgan fingerprint density at radius 3 is 2.65 bits per heavy atom. The molecular weight excluding hydrogens is 313 g/mol. The van der Waals surface area contributed by atoms with Crippen LogP contribution in [-0.2, 0) is 4.79 Å². The molecule has 0 bridgehead atoms. The Labute approximate surface area is 139 Å². The molecule has 0 radical (unpaired) electrons. The molecule has 2 aromatic carbocycles. The zero-order valence-electron chi connectivity index (χ0n) is 12.8. The zero-order valence-corrected chi connectivity index (χ0v) is 13.6. The standard InChI is InChI=1S/C18H18FNO2S/c1-12(17-10-20(22)18(21)11-23-17)14-7-8-15(16(19)9-14)13-5-3-2-4-6-13/h2-9,12,17,22H,10-11H2,1H3. The van der Waals surface area contributed by atoms with Gasteiger partial charge in [-0.2, -0.15) is 0 Å². The second-order valence-corrected chi connectivity index (χ2v) is 6.95. The lowest BCUT2D eigenvalue weighted by atomic mass is 9.94. The van der Waals surface area contributed by atoms with Gasteiger partial charge in [0.2, 0.25) is 0 Å². The van der Waals surface area contributed by atoms with Crippen molar-refractivity contribution in [2.45, 2.75) is 18.1 Å². The molecule has 1 aliphatic heterocycles. The number of hydrogen-bond donors (Lipinski definition) is 1. The zero-order chi connectivity index (χ0) is 16.4. The third-order valence-corrected chi connectivity index (χ3v) is 5.62. The number of carbonyl (C=O) groups is 1. The first-order valence-electron chi connectivity index (χ1n) is 7.52. The molecule has 1 aliphatic rings. The summed E-state index contributed by atoms with van der Waals surface area (Å²) in [5.74, 6) is -0.222. The van der Waals surface area contributed by atoms with Gasteiger partial charge in [-0.15, -0.1) is 11.8 Å². The van der Waals surface area contributed by atoms with Crippen LogP contribution in [0.1, 0.15) is 18.4 Å². The summed E-state index contributed by atoms with van der Waals surface area (Å²) < 4.78 is 14.5. The van der Waals surface area contributed by atoms with Crippen molar-refractivity contribution in [3.63, 3.8) is 0 Å². The maximum atomic E-state index is 14.5. The van der Waals surface area contributed by atoms with Gasteiger partial charge in [0.1, 0.15) is 5.82 Å². The third-order valence-electron chi connectivity index (χ3n) is 4.22.